The first-order valence-electron chi connectivity index (χ1n) is 6.24. The fourth-order valence-corrected chi connectivity index (χ4v) is 2.19. The molecule has 1 amide bonds. The van der Waals surface area contributed by atoms with Crippen molar-refractivity contribution in [2.45, 2.75) is 6.42 Å². The number of nitrogens with zero attached hydrogens (tertiary/aromatic N) is 3. The van der Waals surface area contributed by atoms with Crippen LogP contribution in [0.4, 0.5) is 5.82 Å². The minimum absolute atomic E-state index is 0.0182. The Labute approximate surface area is 108 Å². The minimum Gasteiger partial charge on any atom is -0.356 e. The Morgan fingerprint density at radius 1 is 1.56 bits per heavy atom. The zero-order chi connectivity index (χ0) is 13.1. The van der Waals surface area contributed by atoms with Crippen molar-refractivity contribution in [2.24, 2.45) is 11.7 Å². The van der Waals surface area contributed by atoms with Crippen molar-refractivity contribution in [3.05, 3.63) is 23.9 Å². The lowest BCUT2D eigenvalue weighted by molar-refractivity contribution is 0.0827. The molecule has 1 aromatic rings. The van der Waals surface area contributed by atoms with Gasteiger partial charge in [0.05, 0.1) is 5.56 Å². The van der Waals surface area contributed by atoms with Crippen LogP contribution in [0.15, 0.2) is 18.3 Å². The van der Waals surface area contributed by atoms with Crippen LogP contribution in [0.5, 0.6) is 0 Å². The van der Waals surface area contributed by atoms with Crippen molar-refractivity contribution in [1.82, 2.24) is 9.88 Å². The Morgan fingerprint density at radius 2 is 2.33 bits per heavy atom. The molecule has 0 bridgehead atoms. The van der Waals surface area contributed by atoms with Crippen molar-refractivity contribution in [1.29, 1.82) is 0 Å². The van der Waals surface area contributed by atoms with Gasteiger partial charge in [-0.25, -0.2) is 4.98 Å². The molecule has 1 aromatic heterocycles. The Balaban J connectivity index is 2.06. The first-order chi connectivity index (χ1) is 8.61. The Morgan fingerprint density at radius 3 is 2.83 bits per heavy atom. The average molecular weight is 248 g/mol. The maximum atomic E-state index is 11.7. The number of rotatable bonds is 3. The molecule has 18 heavy (non-hydrogen) atoms. The molecule has 1 aliphatic heterocycles. The summed E-state index contributed by atoms with van der Waals surface area (Å²) in [5, 5.41) is 0. The van der Waals surface area contributed by atoms with E-state index in [-0.39, 0.29) is 5.91 Å². The lowest BCUT2D eigenvalue weighted by Gasteiger charge is -2.17. The number of aromatic nitrogens is 1. The Bertz CT molecular complexity index is 416. The van der Waals surface area contributed by atoms with E-state index in [4.69, 9.17) is 5.73 Å². The third-order valence-electron chi connectivity index (χ3n) is 3.34. The number of anilines is 1. The van der Waals surface area contributed by atoms with Crippen LogP contribution >= 0.6 is 0 Å². The smallest absolute Gasteiger partial charge is 0.254 e. The first-order valence-corrected chi connectivity index (χ1v) is 6.24. The summed E-state index contributed by atoms with van der Waals surface area (Å²) in [7, 11) is 3.48. The molecule has 0 radical (unpaired) electrons. The van der Waals surface area contributed by atoms with E-state index in [2.05, 4.69) is 9.88 Å². The van der Waals surface area contributed by atoms with Crippen LogP contribution in [0.3, 0.4) is 0 Å². The fraction of sp³-hybridized carbons (Fsp3) is 0.538. The van der Waals surface area contributed by atoms with Gasteiger partial charge in [0.1, 0.15) is 5.82 Å². The van der Waals surface area contributed by atoms with Gasteiger partial charge in [-0.1, -0.05) is 0 Å². The van der Waals surface area contributed by atoms with Crippen molar-refractivity contribution < 1.29 is 4.79 Å². The highest BCUT2D eigenvalue weighted by atomic mass is 16.2. The third-order valence-corrected chi connectivity index (χ3v) is 3.34. The molecule has 0 aliphatic carbocycles. The lowest BCUT2D eigenvalue weighted by atomic mass is 10.1. The number of carbonyl (C=O) groups is 1. The normalized spacial score (nSPS) is 19.1. The number of nitrogens with two attached hydrogens (primary N) is 1. The predicted octanol–water partition coefficient (Wildman–Crippen LogP) is 0.568. The molecule has 2 N–H and O–H groups in total. The predicted molar refractivity (Wildman–Crippen MR) is 71.6 cm³/mol. The number of hydrogen-bond donors (Lipinski definition) is 1. The molecule has 1 unspecified atom stereocenters. The van der Waals surface area contributed by atoms with E-state index in [1.807, 2.05) is 12.1 Å². The van der Waals surface area contributed by atoms with Crippen LogP contribution in [-0.2, 0) is 0 Å². The van der Waals surface area contributed by atoms with E-state index >= 15 is 0 Å². The maximum absolute atomic E-state index is 11.7. The second kappa shape index (κ2) is 5.35. The zero-order valence-electron chi connectivity index (χ0n) is 11.0. The van der Waals surface area contributed by atoms with Gasteiger partial charge in [-0.05, 0) is 31.0 Å². The maximum Gasteiger partial charge on any atom is 0.254 e. The summed E-state index contributed by atoms with van der Waals surface area (Å²) in [5.41, 5.74) is 6.30. The quantitative estimate of drug-likeness (QED) is 0.849. The van der Waals surface area contributed by atoms with Crippen LogP contribution in [0.2, 0.25) is 0 Å². The molecule has 1 fully saturated rings. The largest absolute Gasteiger partial charge is 0.356 e. The summed E-state index contributed by atoms with van der Waals surface area (Å²) in [5.74, 6) is 1.48. The number of amides is 1. The lowest BCUT2D eigenvalue weighted by Crippen LogP contribution is -2.24. The van der Waals surface area contributed by atoms with Crippen molar-refractivity contribution in [2.75, 3.05) is 38.6 Å². The summed E-state index contributed by atoms with van der Waals surface area (Å²) >= 11 is 0. The highest BCUT2D eigenvalue weighted by Gasteiger charge is 2.22. The molecular weight excluding hydrogens is 228 g/mol. The number of hydrogen-bond acceptors (Lipinski definition) is 4. The van der Waals surface area contributed by atoms with Crippen LogP contribution in [0.1, 0.15) is 16.8 Å². The molecule has 0 spiro atoms. The zero-order valence-corrected chi connectivity index (χ0v) is 11.0. The summed E-state index contributed by atoms with van der Waals surface area (Å²) in [6.07, 6.45) is 2.77. The number of pyridine rings is 1. The monoisotopic (exact) mass is 248 g/mol. The second-order valence-corrected chi connectivity index (χ2v) is 4.94. The highest BCUT2D eigenvalue weighted by Crippen LogP contribution is 2.21. The van der Waals surface area contributed by atoms with Crippen LogP contribution < -0.4 is 10.6 Å². The SMILES string of the molecule is CN(C)C(=O)c1ccc(N2CCC(CN)C2)nc1. The van der Waals surface area contributed by atoms with E-state index < -0.39 is 0 Å². The molecule has 2 rings (SSSR count). The molecule has 0 saturated carbocycles. The minimum atomic E-state index is -0.0182. The van der Waals surface area contributed by atoms with Crippen molar-refractivity contribution >= 4 is 11.7 Å². The van der Waals surface area contributed by atoms with Gasteiger partial charge >= 0.3 is 0 Å². The van der Waals surface area contributed by atoms with Gasteiger partial charge in [0.25, 0.3) is 5.91 Å². The van der Waals surface area contributed by atoms with Crippen molar-refractivity contribution in [3.8, 4) is 0 Å². The standard InChI is InChI=1S/C13H20N4O/c1-16(2)13(18)11-3-4-12(15-8-11)17-6-5-10(7-14)9-17/h3-4,8,10H,5-7,9,14H2,1-2H3. The van der Waals surface area contributed by atoms with Crippen molar-refractivity contribution in [3.63, 3.8) is 0 Å². The third kappa shape index (κ3) is 2.61. The van der Waals surface area contributed by atoms with E-state index in [0.29, 0.717) is 11.5 Å². The van der Waals surface area contributed by atoms with Gasteiger partial charge in [0.2, 0.25) is 0 Å². The van der Waals surface area contributed by atoms with Crippen LogP contribution in [0.25, 0.3) is 0 Å². The van der Waals surface area contributed by atoms with E-state index in [1.54, 1.807) is 25.2 Å². The molecule has 1 aliphatic rings. The molecule has 2 heterocycles. The highest BCUT2D eigenvalue weighted by molar-refractivity contribution is 5.93. The number of carbonyl (C=O) groups excluding carboxylic acids is 1. The van der Waals surface area contributed by atoms with Gasteiger partial charge in [-0.15, -0.1) is 0 Å². The van der Waals surface area contributed by atoms with Gasteiger partial charge in [0.15, 0.2) is 0 Å². The summed E-state index contributed by atoms with van der Waals surface area (Å²) in [6.45, 7) is 2.69. The summed E-state index contributed by atoms with van der Waals surface area (Å²) in [6, 6.07) is 3.75. The topological polar surface area (TPSA) is 62.5 Å². The average Bonchev–Trinajstić information content (AvgIpc) is 2.86. The Kier molecular flexibility index (Phi) is 3.81. The van der Waals surface area contributed by atoms with Crippen LogP contribution in [-0.4, -0.2) is 49.5 Å². The molecular formula is C13H20N4O. The summed E-state index contributed by atoms with van der Waals surface area (Å²) < 4.78 is 0. The van der Waals surface area contributed by atoms with Gasteiger partial charge < -0.3 is 15.5 Å². The second-order valence-electron chi connectivity index (χ2n) is 4.94. The summed E-state index contributed by atoms with van der Waals surface area (Å²) in [4.78, 5) is 19.9. The van der Waals surface area contributed by atoms with Gasteiger partial charge in [0, 0.05) is 33.4 Å². The molecule has 5 heteroatoms. The molecule has 98 valence electrons. The van der Waals surface area contributed by atoms with Gasteiger partial charge in [-0.3, -0.25) is 4.79 Å². The molecule has 0 aromatic carbocycles. The fourth-order valence-electron chi connectivity index (χ4n) is 2.19. The van der Waals surface area contributed by atoms with Crippen LogP contribution in [0, 0.1) is 5.92 Å². The van der Waals surface area contributed by atoms with E-state index in [0.717, 1.165) is 31.9 Å². The molecule has 5 nitrogen and oxygen atoms in total. The molecule has 1 saturated heterocycles. The van der Waals surface area contributed by atoms with E-state index in [1.165, 1.54) is 0 Å². The first kappa shape index (κ1) is 12.8. The molecule has 1 atom stereocenters. The van der Waals surface area contributed by atoms with E-state index in [9.17, 15) is 4.79 Å². The Hall–Kier alpha value is -1.62. The van der Waals surface area contributed by atoms with Gasteiger partial charge in [-0.2, -0.15) is 0 Å².